The molecule has 0 bridgehead atoms. The number of para-hydroxylation sites is 2. The fourth-order valence-corrected chi connectivity index (χ4v) is 1.88. The van der Waals surface area contributed by atoms with Crippen molar-refractivity contribution >= 4 is 22.5 Å². The van der Waals surface area contributed by atoms with Gasteiger partial charge in [-0.3, -0.25) is 0 Å². The maximum absolute atomic E-state index is 12.9. The Bertz CT molecular complexity index is 723. The fraction of sp³-hybridized carbons (Fsp3) is 0.0667. The third kappa shape index (κ3) is 2.38. The molecule has 0 radical (unpaired) electrons. The van der Waals surface area contributed by atoms with Crippen molar-refractivity contribution in [2.24, 2.45) is 0 Å². The minimum Gasteiger partial charge on any atom is -0.339 e. The average Bonchev–Trinajstić information content (AvgIpc) is 2.42. The van der Waals surface area contributed by atoms with Gasteiger partial charge in [-0.2, -0.15) is 0 Å². The van der Waals surface area contributed by atoms with Gasteiger partial charge in [-0.15, -0.1) is 0 Å². The smallest absolute Gasteiger partial charge is 0.152 e. The van der Waals surface area contributed by atoms with Crippen LogP contribution in [0.2, 0.25) is 0 Å². The van der Waals surface area contributed by atoms with E-state index in [0.717, 1.165) is 22.4 Å². The number of nitrogens with one attached hydrogen (secondary N) is 1. The summed E-state index contributed by atoms with van der Waals surface area (Å²) in [7, 11) is 0. The van der Waals surface area contributed by atoms with E-state index in [1.54, 1.807) is 12.1 Å². The molecular formula is C15H12FN3. The third-order valence-corrected chi connectivity index (χ3v) is 2.85. The molecule has 1 N–H and O–H groups in total. The summed E-state index contributed by atoms with van der Waals surface area (Å²) in [6.45, 7) is 1.89. The molecule has 4 heteroatoms. The molecule has 0 aliphatic heterocycles. The number of aryl methyl sites for hydroxylation is 1. The molecule has 0 unspecified atom stereocenters. The lowest BCUT2D eigenvalue weighted by atomic mass is 10.2. The van der Waals surface area contributed by atoms with Crippen LogP contribution in [0.4, 0.5) is 15.9 Å². The van der Waals surface area contributed by atoms with E-state index in [0.29, 0.717) is 5.82 Å². The van der Waals surface area contributed by atoms with Gasteiger partial charge in [0.25, 0.3) is 0 Å². The Labute approximate surface area is 110 Å². The second-order valence-corrected chi connectivity index (χ2v) is 4.28. The monoisotopic (exact) mass is 253 g/mol. The van der Waals surface area contributed by atoms with Crippen molar-refractivity contribution < 1.29 is 4.39 Å². The molecule has 1 heterocycles. The van der Waals surface area contributed by atoms with Crippen LogP contribution in [-0.2, 0) is 0 Å². The molecule has 3 aromatic rings. The predicted molar refractivity (Wildman–Crippen MR) is 74.0 cm³/mol. The molecule has 0 aliphatic carbocycles. The van der Waals surface area contributed by atoms with Crippen LogP contribution in [0.3, 0.4) is 0 Å². The van der Waals surface area contributed by atoms with E-state index in [1.807, 2.05) is 31.2 Å². The topological polar surface area (TPSA) is 37.8 Å². The van der Waals surface area contributed by atoms with Crippen molar-refractivity contribution in [1.82, 2.24) is 9.97 Å². The van der Waals surface area contributed by atoms with Gasteiger partial charge in [0.05, 0.1) is 16.7 Å². The van der Waals surface area contributed by atoms with Crippen LogP contribution in [0, 0.1) is 12.7 Å². The molecule has 0 aliphatic rings. The lowest BCUT2D eigenvalue weighted by Crippen LogP contribution is -1.99. The lowest BCUT2D eigenvalue weighted by Gasteiger charge is -2.09. The van der Waals surface area contributed by atoms with Gasteiger partial charge in [-0.25, -0.2) is 14.4 Å². The van der Waals surface area contributed by atoms with Crippen LogP contribution in [-0.4, -0.2) is 9.97 Å². The highest BCUT2D eigenvalue weighted by atomic mass is 19.1. The fourth-order valence-electron chi connectivity index (χ4n) is 1.88. The minimum atomic E-state index is -0.258. The first-order chi connectivity index (χ1) is 9.22. The van der Waals surface area contributed by atoms with Crippen LogP contribution in [0.25, 0.3) is 11.0 Å². The van der Waals surface area contributed by atoms with Gasteiger partial charge >= 0.3 is 0 Å². The summed E-state index contributed by atoms with van der Waals surface area (Å²) in [5, 5.41) is 3.15. The molecule has 0 fully saturated rings. The number of aromatic nitrogens is 2. The Hall–Kier alpha value is -2.49. The van der Waals surface area contributed by atoms with Crippen LogP contribution >= 0.6 is 0 Å². The molecule has 0 saturated heterocycles. The maximum Gasteiger partial charge on any atom is 0.152 e. The number of halogens is 1. The Balaban J connectivity index is 2.00. The molecule has 2 aromatic carbocycles. The van der Waals surface area contributed by atoms with Gasteiger partial charge in [0.15, 0.2) is 5.82 Å². The molecule has 3 rings (SSSR count). The zero-order chi connectivity index (χ0) is 13.2. The second-order valence-electron chi connectivity index (χ2n) is 4.28. The summed E-state index contributed by atoms with van der Waals surface area (Å²) < 4.78 is 12.9. The van der Waals surface area contributed by atoms with E-state index in [4.69, 9.17) is 0 Å². The Morgan fingerprint density at radius 1 is 0.895 bits per heavy atom. The molecule has 0 saturated carbocycles. The first kappa shape index (κ1) is 11.6. The van der Waals surface area contributed by atoms with Crippen LogP contribution in [0.15, 0.2) is 48.5 Å². The number of nitrogens with zero attached hydrogens (tertiary/aromatic N) is 2. The van der Waals surface area contributed by atoms with Crippen molar-refractivity contribution in [3.05, 3.63) is 60.0 Å². The molecule has 0 spiro atoms. The molecule has 19 heavy (non-hydrogen) atoms. The van der Waals surface area contributed by atoms with Crippen molar-refractivity contribution in [1.29, 1.82) is 0 Å². The van der Waals surface area contributed by atoms with E-state index in [-0.39, 0.29) is 5.82 Å². The third-order valence-electron chi connectivity index (χ3n) is 2.85. The number of anilines is 2. The van der Waals surface area contributed by atoms with Gasteiger partial charge in [-0.05, 0) is 43.3 Å². The summed E-state index contributed by atoms with van der Waals surface area (Å²) in [6.07, 6.45) is 0. The highest BCUT2D eigenvalue weighted by Crippen LogP contribution is 2.20. The normalized spacial score (nSPS) is 10.6. The number of hydrogen-bond donors (Lipinski definition) is 1. The van der Waals surface area contributed by atoms with Gasteiger partial charge in [0.2, 0.25) is 0 Å². The van der Waals surface area contributed by atoms with E-state index in [2.05, 4.69) is 15.3 Å². The number of benzene rings is 2. The average molecular weight is 253 g/mol. The van der Waals surface area contributed by atoms with Crippen LogP contribution < -0.4 is 5.32 Å². The summed E-state index contributed by atoms with van der Waals surface area (Å²) >= 11 is 0. The first-order valence-electron chi connectivity index (χ1n) is 5.98. The second kappa shape index (κ2) is 4.65. The molecule has 1 aromatic heterocycles. The van der Waals surface area contributed by atoms with Crippen LogP contribution in [0.1, 0.15) is 5.69 Å². The van der Waals surface area contributed by atoms with Crippen molar-refractivity contribution in [2.75, 3.05) is 5.32 Å². The van der Waals surface area contributed by atoms with E-state index >= 15 is 0 Å². The number of hydrogen-bond acceptors (Lipinski definition) is 3. The van der Waals surface area contributed by atoms with Crippen molar-refractivity contribution in [3.63, 3.8) is 0 Å². The summed E-state index contributed by atoms with van der Waals surface area (Å²) in [5.74, 6) is 0.428. The number of fused-ring (bicyclic) bond motifs is 1. The van der Waals surface area contributed by atoms with Gasteiger partial charge in [0, 0.05) is 5.69 Å². The molecule has 94 valence electrons. The number of rotatable bonds is 2. The van der Waals surface area contributed by atoms with E-state index in [9.17, 15) is 4.39 Å². The molecular weight excluding hydrogens is 241 g/mol. The molecule has 3 nitrogen and oxygen atoms in total. The highest BCUT2D eigenvalue weighted by molar-refractivity contribution is 5.77. The van der Waals surface area contributed by atoms with E-state index < -0.39 is 0 Å². The Morgan fingerprint density at radius 2 is 1.53 bits per heavy atom. The first-order valence-corrected chi connectivity index (χ1v) is 5.98. The van der Waals surface area contributed by atoms with Crippen molar-refractivity contribution in [3.8, 4) is 0 Å². The molecule has 0 atom stereocenters. The summed E-state index contributed by atoms with van der Waals surface area (Å²) in [6, 6.07) is 13.9. The minimum absolute atomic E-state index is 0.258. The largest absolute Gasteiger partial charge is 0.339 e. The Kier molecular flexibility index (Phi) is 2.83. The lowest BCUT2D eigenvalue weighted by molar-refractivity contribution is 0.628. The molecule has 0 amide bonds. The summed E-state index contributed by atoms with van der Waals surface area (Å²) in [4.78, 5) is 9.02. The zero-order valence-electron chi connectivity index (χ0n) is 10.4. The van der Waals surface area contributed by atoms with Gasteiger partial charge in [-0.1, -0.05) is 12.1 Å². The van der Waals surface area contributed by atoms with Crippen molar-refractivity contribution in [2.45, 2.75) is 6.92 Å². The predicted octanol–water partition coefficient (Wildman–Crippen LogP) is 3.82. The van der Waals surface area contributed by atoms with Gasteiger partial charge in [0.1, 0.15) is 5.82 Å². The maximum atomic E-state index is 12.9. The quantitative estimate of drug-likeness (QED) is 0.754. The zero-order valence-corrected chi connectivity index (χ0v) is 10.4. The SMILES string of the molecule is Cc1nc2ccccc2nc1Nc1ccc(F)cc1. The van der Waals surface area contributed by atoms with E-state index in [1.165, 1.54) is 12.1 Å². The van der Waals surface area contributed by atoms with Gasteiger partial charge < -0.3 is 5.32 Å². The Morgan fingerprint density at radius 3 is 2.21 bits per heavy atom. The van der Waals surface area contributed by atoms with Crippen LogP contribution in [0.5, 0.6) is 0 Å². The summed E-state index contributed by atoms with van der Waals surface area (Å²) in [5.41, 5.74) is 3.29. The standard InChI is InChI=1S/C15H12FN3/c1-10-15(18-12-8-6-11(16)7-9-12)19-14-5-3-2-4-13(14)17-10/h2-9H,1H3,(H,18,19). The highest BCUT2D eigenvalue weighted by Gasteiger charge is 2.05.